The van der Waals surface area contributed by atoms with Crippen LogP contribution >= 0.6 is 0 Å². The Bertz CT molecular complexity index is 1550. The third kappa shape index (κ3) is 6.32. The summed E-state index contributed by atoms with van der Waals surface area (Å²) in [5, 5.41) is 8.02. The summed E-state index contributed by atoms with van der Waals surface area (Å²) in [6.45, 7) is 1.52. The molecular weight excluding hydrogens is 576 g/mol. The molecule has 2 amide bonds. The van der Waals surface area contributed by atoms with Crippen LogP contribution in [0.2, 0.25) is 0 Å². The molecule has 0 saturated carbocycles. The first-order valence-corrected chi connectivity index (χ1v) is 13.2. The number of anilines is 2. The van der Waals surface area contributed by atoms with Crippen molar-refractivity contribution in [1.82, 2.24) is 25.5 Å². The van der Waals surface area contributed by atoms with Gasteiger partial charge in [-0.25, -0.2) is 9.37 Å². The average molecular weight is 605 g/mol. The number of halogens is 4. The van der Waals surface area contributed by atoms with Gasteiger partial charge in [0, 0.05) is 32.5 Å². The molecule has 2 atom stereocenters. The predicted octanol–water partition coefficient (Wildman–Crippen LogP) is 3.87. The zero-order valence-electron chi connectivity index (χ0n) is 23.3. The summed E-state index contributed by atoms with van der Waals surface area (Å²) in [5.41, 5.74) is -0.997. The lowest BCUT2D eigenvalue weighted by atomic mass is 10.0. The van der Waals surface area contributed by atoms with Crippen LogP contribution in [0.15, 0.2) is 36.5 Å². The summed E-state index contributed by atoms with van der Waals surface area (Å²) in [7, 11) is 4.75. The van der Waals surface area contributed by atoms with Crippen molar-refractivity contribution in [3.05, 3.63) is 64.6 Å². The van der Waals surface area contributed by atoms with E-state index in [4.69, 9.17) is 14.2 Å². The van der Waals surface area contributed by atoms with Gasteiger partial charge in [-0.05, 0) is 37.7 Å². The number of nitrogens with one attached hydrogen (secondary N) is 3. The SMILES string of the molecule is COc1cc(C(=O)NC2CCN(C)CC2OC)c(F)cc1Nc1ncc(C(F)(F)F)c(Oc2cccc3c2C(=O)NC3)n1. The molecule has 43 heavy (non-hydrogen) atoms. The number of benzene rings is 2. The molecule has 0 radical (unpaired) electrons. The van der Waals surface area contributed by atoms with Crippen LogP contribution < -0.4 is 25.4 Å². The number of hydrogen-bond donors (Lipinski definition) is 3. The maximum absolute atomic E-state index is 15.2. The second kappa shape index (κ2) is 12.0. The van der Waals surface area contributed by atoms with Crippen molar-refractivity contribution in [2.75, 3.05) is 39.7 Å². The molecule has 228 valence electrons. The minimum Gasteiger partial charge on any atom is -0.495 e. The van der Waals surface area contributed by atoms with E-state index < -0.39 is 35.3 Å². The summed E-state index contributed by atoms with van der Waals surface area (Å²) < 4.78 is 73.0. The van der Waals surface area contributed by atoms with Crippen LogP contribution in [0.5, 0.6) is 17.4 Å². The fourth-order valence-corrected chi connectivity index (χ4v) is 4.97. The van der Waals surface area contributed by atoms with E-state index in [9.17, 15) is 22.8 Å². The number of likely N-dealkylation sites (N-methyl/N-ethyl adjacent to an activating group) is 1. The maximum Gasteiger partial charge on any atom is 0.423 e. The average Bonchev–Trinajstić information content (AvgIpc) is 3.35. The van der Waals surface area contributed by atoms with Crippen LogP contribution in [0, 0.1) is 5.82 Å². The molecule has 3 N–H and O–H groups in total. The van der Waals surface area contributed by atoms with Gasteiger partial charge in [-0.1, -0.05) is 12.1 Å². The Morgan fingerprint density at radius 1 is 1.19 bits per heavy atom. The lowest BCUT2D eigenvalue weighted by Crippen LogP contribution is -2.53. The van der Waals surface area contributed by atoms with Crippen LogP contribution in [0.25, 0.3) is 0 Å². The number of rotatable bonds is 8. The number of nitrogens with zero attached hydrogens (tertiary/aromatic N) is 3. The second-order valence-electron chi connectivity index (χ2n) is 10.0. The van der Waals surface area contributed by atoms with Crippen molar-refractivity contribution in [2.24, 2.45) is 0 Å². The quantitative estimate of drug-likeness (QED) is 0.329. The van der Waals surface area contributed by atoms with Crippen LogP contribution in [0.4, 0.5) is 29.2 Å². The summed E-state index contributed by atoms with van der Waals surface area (Å²) in [6.07, 6.45) is -4.06. The van der Waals surface area contributed by atoms with Crippen molar-refractivity contribution in [1.29, 1.82) is 0 Å². The number of carbonyl (C=O) groups excluding carboxylic acids is 2. The van der Waals surface area contributed by atoms with Crippen LogP contribution in [-0.4, -0.2) is 73.2 Å². The Labute approximate surface area is 243 Å². The number of methoxy groups -OCH3 is 2. The van der Waals surface area contributed by atoms with Crippen LogP contribution in [0.1, 0.15) is 38.3 Å². The lowest BCUT2D eigenvalue weighted by molar-refractivity contribution is -0.139. The number of ether oxygens (including phenoxy) is 3. The number of piperidine rings is 1. The Balaban J connectivity index is 1.42. The molecule has 3 heterocycles. The summed E-state index contributed by atoms with van der Waals surface area (Å²) in [4.78, 5) is 34.9. The minimum atomic E-state index is -4.89. The molecule has 0 bridgehead atoms. The Morgan fingerprint density at radius 2 is 1.98 bits per heavy atom. The normalized spacial score (nSPS) is 18.5. The molecule has 2 unspecified atom stereocenters. The zero-order chi connectivity index (χ0) is 30.9. The van der Waals surface area contributed by atoms with Gasteiger partial charge in [-0.15, -0.1) is 0 Å². The molecule has 1 fully saturated rings. The van der Waals surface area contributed by atoms with Gasteiger partial charge in [-0.3, -0.25) is 9.59 Å². The predicted molar refractivity (Wildman–Crippen MR) is 145 cm³/mol. The van der Waals surface area contributed by atoms with E-state index in [1.54, 1.807) is 6.07 Å². The van der Waals surface area contributed by atoms with Crippen molar-refractivity contribution in [3.8, 4) is 17.4 Å². The maximum atomic E-state index is 15.2. The van der Waals surface area contributed by atoms with Gasteiger partial charge in [0.25, 0.3) is 11.8 Å². The van der Waals surface area contributed by atoms with E-state index in [0.717, 1.165) is 18.7 Å². The zero-order valence-corrected chi connectivity index (χ0v) is 23.3. The number of carbonyl (C=O) groups is 2. The molecule has 2 aliphatic heterocycles. The lowest BCUT2D eigenvalue weighted by Gasteiger charge is -2.36. The molecule has 3 aromatic rings. The van der Waals surface area contributed by atoms with Gasteiger partial charge in [0.05, 0.1) is 36.1 Å². The Kier molecular flexibility index (Phi) is 8.37. The molecule has 2 aliphatic rings. The summed E-state index contributed by atoms with van der Waals surface area (Å²) >= 11 is 0. The molecular formula is C28H28F4N6O5. The molecule has 5 rings (SSSR count). The minimum absolute atomic E-state index is 0.00161. The summed E-state index contributed by atoms with van der Waals surface area (Å²) in [5.74, 6) is -3.48. The first kappa shape index (κ1) is 30.0. The number of hydrogen-bond acceptors (Lipinski definition) is 9. The first-order chi connectivity index (χ1) is 20.5. The third-order valence-electron chi connectivity index (χ3n) is 7.21. The fraction of sp³-hybridized carbons (Fsp3) is 0.357. The van der Waals surface area contributed by atoms with E-state index >= 15 is 4.39 Å². The molecule has 1 aromatic heterocycles. The van der Waals surface area contributed by atoms with Crippen molar-refractivity contribution in [2.45, 2.75) is 31.3 Å². The van der Waals surface area contributed by atoms with Gasteiger partial charge in [0.2, 0.25) is 11.8 Å². The van der Waals surface area contributed by atoms with Crippen LogP contribution in [0.3, 0.4) is 0 Å². The Morgan fingerprint density at radius 3 is 2.70 bits per heavy atom. The topological polar surface area (TPSA) is 127 Å². The second-order valence-corrected chi connectivity index (χ2v) is 10.0. The van der Waals surface area contributed by atoms with Crippen molar-refractivity contribution < 1.29 is 41.4 Å². The molecule has 11 nitrogen and oxygen atoms in total. The number of likely N-dealkylation sites (tertiary alicyclic amines) is 1. The molecule has 1 saturated heterocycles. The molecule has 2 aromatic carbocycles. The molecule has 15 heteroatoms. The monoisotopic (exact) mass is 604 g/mol. The van der Waals surface area contributed by atoms with Crippen molar-refractivity contribution in [3.63, 3.8) is 0 Å². The van der Waals surface area contributed by atoms with Crippen LogP contribution in [-0.2, 0) is 17.5 Å². The summed E-state index contributed by atoms with van der Waals surface area (Å²) in [6, 6.07) is 6.31. The van der Waals surface area contributed by atoms with Gasteiger partial charge in [0.15, 0.2) is 0 Å². The van der Waals surface area contributed by atoms with E-state index in [1.807, 2.05) is 7.05 Å². The van der Waals surface area contributed by atoms with Gasteiger partial charge in [0.1, 0.15) is 22.9 Å². The third-order valence-corrected chi connectivity index (χ3v) is 7.21. The smallest absolute Gasteiger partial charge is 0.423 e. The van der Waals surface area contributed by atoms with Crippen molar-refractivity contribution >= 4 is 23.5 Å². The number of alkyl halides is 3. The van der Waals surface area contributed by atoms with E-state index in [1.165, 1.54) is 26.4 Å². The fourth-order valence-electron chi connectivity index (χ4n) is 4.97. The van der Waals surface area contributed by atoms with E-state index in [-0.39, 0.29) is 53.0 Å². The molecule has 0 aliphatic carbocycles. The highest BCUT2D eigenvalue weighted by atomic mass is 19.4. The van der Waals surface area contributed by atoms with Gasteiger partial charge >= 0.3 is 6.18 Å². The van der Waals surface area contributed by atoms with Gasteiger partial charge in [-0.2, -0.15) is 18.2 Å². The Hall–Kier alpha value is -4.50. The van der Waals surface area contributed by atoms with Gasteiger partial charge < -0.3 is 35.1 Å². The number of aromatic nitrogens is 2. The number of fused-ring (bicyclic) bond motifs is 1. The highest BCUT2D eigenvalue weighted by Gasteiger charge is 2.37. The van der Waals surface area contributed by atoms with E-state index in [2.05, 4.69) is 30.8 Å². The van der Waals surface area contributed by atoms with E-state index in [0.29, 0.717) is 24.7 Å². The molecule has 0 spiro atoms. The number of amides is 2. The standard InChI is InChI=1S/C28H28F4N6O5/c1-38-8-7-18(22(13-38)42-3)35-24(39)15-9-21(41-2)19(10-17(15)29)36-27-34-12-16(28(30,31)32)26(37-27)43-20-6-4-5-14-11-33-25(40)23(14)20/h4-6,9-10,12,18,22H,7-8,11,13H2,1-3H3,(H,33,40)(H,35,39)(H,34,36,37). The highest BCUT2D eigenvalue weighted by Crippen LogP contribution is 2.39. The first-order valence-electron chi connectivity index (χ1n) is 13.2. The highest BCUT2D eigenvalue weighted by molar-refractivity contribution is 6.01. The largest absolute Gasteiger partial charge is 0.495 e.